The fraction of sp³-hybridized carbons (Fsp3) is 0.350. The number of benzene rings is 1. The largest absolute Gasteiger partial charge is 0.478 e. The Kier molecular flexibility index (Phi) is 6.25. The number of nitrogens with one attached hydrogen (secondary N) is 2. The first-order valence-electron chi connectivity index (χ1n) is 9.18. The van der Waals surface area contributed by atoms with Crippen LogP contribution in [0.15, 0.2) is 42.6 Å². The van der Waals surface area contributed by atoms with Gasteiger partial charge in [0.05, 0.1) is 6.61 Å². The summed E-state index contributed by atoms with van der Waals surface area (Å²) in [5, 5.41) is 5.55. The number of pyridine rings is 1. The van der Waals surface area contributed by atoms with Gasteiger partial charge in [-0.05, 0) is 44.0 Å². The van der Waals surface area contributed by atoms with Gasteiger partial charge in [-0.25, -0.2) is 9.78 Å². The molecule has 0 spiro atoms. The zero-order valence-corrected chi connectivity index (χ0v) is 15.4. The van der Waals surface area contributed by atoms with Gasteiger partial charge in [0, 0.05) is 42.6 Å². The zero-order chi connectivity index (χ0) is 19.1. The fourth-order valence-corrected chi connectivity index (χ4v) is 3.01. The maximum absolute atomic E-state index is 12.5. The van der Waals surface area contributed by atoms with Crippen molar-refractivity contribution >= 4 is 17.6 Å². The van der Waals surface area contributed by atoms with Gasteiger partial charge in [0.25, 0.3) is 5.91 Å². The van der Waals surface area contributed by atoms with Crippen molar-refractivity contribution in [1.29, 1.82) is 0 Å². The molecular weight excluding hydrogens is 344 g/mol. The Morgan fingerprint density at radius 2 is 2.00 bits per heavy atom. The van der Waals surface area contributed by atoms with Gasteiger partial charge in [-0.2, -0.15) is 0 Å². The van der Waals surface area contributed by atoms with Crippen LogP contribution in [0.25, 0.3) is 0 Å². The van der Waals surface area contributed by atoms with Crippen LogP contribution in [0.4, 0.5) is 10.5 Å². The van der Waals surface area contributed by atoms with Gasteiger partial charge in [0.2, 0.25) is 5.88 Å². The summed E-state index contributed by atoms with van der Waals surface area (Å²) in [6, 6.07) is 10.3. The predicted molar refractivity (Wildman–Crippen MR) is 103 cm³/mol. The van der Waals surface area contributed by atoms with Crippen LogP contribution >= 0.6 is 0 Å². The van der Waals surface area contributed by atoms with Crippen LogP contribution in [-0.2, 0) is 6.54 Å². The molecule has 27 heavy (non-hydrogen) atoms. The second kappa shape index (κ2) is 9.02. The van der Waals surface area contributed by atoms with Crippen molar-refractivity contribution in [2.75, 3.05) is 25.0 Å². The lowest BCUT2D eigenvalue weighted by molar-refractivity contribution is 0.0793. The van der Waals surface area contributed by atoms with Crippen LogP contribution in [-0.4, -0.2) is 41.5 Å². The van der Waals surface area contributed by atoms with E-state index in [9.17, 15) is 9.59 Å². The number of aromatic nitrogens is 1. The summed E-state index contributed by atoms with van der Waals surface area (Å²) in [5.41, 5.74) is 1.96. The van der Waals surface area contributed by atoms with Crippen molar-refractivity contribution in [1.82, 2.24) is 15.2 Å². The first kappa shape index (κ1) is 18.7. The first-order chi connectivity index (χ1) is 13.2. The number of rotatable bonds is 6. The van der Waals surface area contributed by atoms with Crippen molar-refractivity contribution in [3.05, 3.63) is 53.7 Å². The second-order valence-corrected chi connectivity index (χ2v) is 6.29. The van der Waals surface area contributed by atoms with E-state index in [0.717, 1.165) is 31.5 Å². The standard InChI is InChI=1S/C20H24N4O3/c1-2-27-18-16(8-6-10-21-18)14-22-20(26)23-17-9-5-7-15(13-17)19(25)24-11-3-4-12-24/h5-10,13H,2-4,11-12,14H2,1H3,(H2,22,23,26). The third-order valence-corrected chi connectivity index (χ3v) is 4.33. The fourth-order valence-electron chi connectivity index (χ4n) is 3.01. The topological polar surface area (TPSA) is 83.6 Å². The highest BCUT2D eigenvalue weighted by Crippen LogP contribution is 2.17. The molecule has 0 saturated carbocycles. The summed E-state index contributed by atoms with van der Waals surface area (Å²) >= 11 is 0. The van der Waals surface area contributed by atoms with Gasteiger partial charge in [-0.1, -0.05) is 12.1 Å². The summed E-state index contributed by atoms with van der Waals surface area (Å²) < 4.78 is 5.45. The van der Waals surface area contributed by atoms with Crippen molar-refractivity contribution in [3.63, 3.8) is 0 Å². The van der Waals surface area contributed by atoms with Gasteiger partial charge in [0.1, 0.15) is 0 Å². The van der Waals surface area contributed by atoms with E-state index in [1.165, 1.54) is 0 Å². The molecule has 0 unspecified atom stereocenters. The molecule has 3 rings (SSSR count). The van der Waals surface area contributed by atoms with Crippen LogP contribution in [0.3, 0.4) is 0 Å². The van der Waals surface area contributed by atoms with Crippen LogP contribution in [0.1, 0.15) is 35.7 Å². The lowest BCUT2D eigenvalue weighted by Crippen LogP contribution is -2.29. The molecule has 2 aromatic rings. The van der Waals surface area contributed by atoms with Crippen LogP contribution in [0, 0.1) is 0 Å². The number of nitrogens with zero attached hydrogens (tertiary/aromatic N) is 2. The van der Waals surface area contributed by atoms with Gasteiger partial charge >= 0.3 is 6.03 Å². The normalized spacial score (nSPS) is 13.3. The Bertz CT molecular complexity index is 803. The molecule has 2 N–H and O–H groups in total. The van der Waals surface area contributed by atoms with Crippen LogP contribution in [0.5, 0.6) is 5.88 Å². The summed E-state index contributed by atoms with van der Waals surface area (Å²) in [6.45, 7) is 4.28. The van der Waals surface area contributed by atoms with E-state index < -0.39 is 0 Å². The monoisotopic (exact) mass is 368 g/mol. The summed E-state index contributed by atoms with van der Waals surface area (Å²) in [7, 11) is 0. The van der Waals surface area contributed by atoms with Crippen molar-refractivity contribution in [2.24, 2.45) is 0 Å². The van der Waals surface area contributed by atoms with Crippen LogP contribution in [0.2, 0.25) is 0 Å². The van der Waals surface area contributed by atoms with Crippen LogP contribution < -0.4 is 15.4 Å². The molecule has 7 nitrogen and oxygen atoms in total. The van der Waals surface area contributed by atoms with Gasteiger partial charge < -0.3 is 20.3 Å². The minimum atomic E-state index is -0.355. The molecule has 1 saturated heterocycles. The predicted octanol–water partition coefficient (Wildman–Crippen LogP) is 3.04. The Balaban J connectivity index is 1.58. The molecule has 0 radical (unpaired) electrons. The minimum absolute atomic E-state index is 0.00766. The molecule has 1 aliphatic rings. The number of likely N-dealkylation sites (tertiary alicyclic amines) is 1. The third kappa shape index (κ3) is 4.97. The molecule has 0 atom stereocenters. The van der Waals surface area contributed by atoms with Gasteiger partial charge in [0.15, 0.2) is 0 Å². The maximum atomic E-state index is 12.5. The van der Waals surface area contributed by atoms with Crippen molar-refractivity contribution < 1.29 is 14.3 Å². The van der Waals surface area contributed by atoms with E-state index in [0.29, 0.717) is 30.3 Å². The molecule has 0 aliphatic carbocycles. The summed E-state index contributed by atoms with van der Waals surface area (Å²) in [4.78, 5) is 30.7. The van der Waals surface area contributed by atoms with Crippen molar-refractivity contribution in [3.8, 4) is 5.88 Å². The minimum Gasteiger partial charge on any atom is -0.478 e. The lowest BCUT2D eigenvalue weighted by atomic mass is 10.2. The highest BCUT2D eigenvalue weighted by Gasteiger charge is 2.19. The van der Waals surface area contributed by atoms with Gasteiger partial charge in [-0.3, -0.25) is 4.79 Å². The molecule has 142 valence electrons. The van der Waals surface area contributed by atoms with Gasteiger partial charge in [-0.15, -0.1) is 0 Å². The Hall–Kier alpha value is -3.09. The van der Waals surface area contributed by atoms with E-state index in [1.807, 2.05) is 17.9 Å². The molecule has 3 amide bonds. The zero-order valence-electron chi connectivity index (χ0n) is 15.4. The number of ether oxygens (including phenoxy) is 1. The lowest BCUT2D eigenvalue weighted by Gasteiger charge is -2.16. The van der Waals surface area contributed by atoms with E-state index in [1.54, 1.807) is 36.5 Å². The number of carbonyl (C=O) groups is 2. The Labute approximate surface area is 158 Å². The molecule has 7 heteroatoms. The number of urea groups is 1. The van der Waals surface area contributed by atoms with E-state index in [2.05, 4.69) is 15.6 Å². The third-order valence-electron chi connectivity index (χ3n) is 4.33. The molecule has 1 fully saturated rings. The first-order valence-corrected chi connectivity index (χ1v) is 9.18. The average molecular weight is 368 g/mol. The average Bonchev–Trinajstić information content (AvgIpc) is 3.22. The quantitative estimate of drug-likeness (QED) is 0.821. The molecule has 1 aliphatic heterocycles. The molecule has 2 heterocycles. The number of carbonyl (C=O) groups excluding carboxylic acids is 2. The number of amides is 3. The molecule has 1 aromatic heterocycles. The Morgan fingerprint density at radius 3 is 2.78 bits per heavy atom. The summed E-state index contributed by atoms with van der Waals surface area (Å²) in [5.74, 6) is 0.520. The van der Waals surface area contributed by atoms with E-state index in [-0.39, 0.29) is 11.9 Å². The Morgan fingerprint density at radius 1 is 1.19 bits per heavy atom. The smallest absolute Gasteiger partial charge is 0.319 e. The van der Waals surface area contributed by atoms with Crippen molar-refractivity contribution in [2.45, 2.75) is 26.3 Å². The number of anilines is 1. The maximum Gasteiger partial charge on any atom is 0.319 e. The number of hydrogen-bond acceptors (Lipinski definition) is 4. The SMILES string of the molecule is CCOc1ncccc1CNC(=O)Nc1cccc(C(=O)N2CCCC2)c1. The molecular formula is C20H24N4O3. The molecule has 0 bridgehead atoms. The highest BCUT2D eigenvalue weighted by atomic mass is 16.5. The van der Waals surface area contributed by atoms with E-state index >= 15 is 0 Å². The molecule has 1 aromatic carbocycles. The number of hydrogen-bond donors (Lipinski definition) is 2. The second-order valence-electron chi connectivity index (χ2n) is 6.29. The summed E-state index contributed by atoms with van der Waals surface area (Å²) in [6.07, 6.45) is 3.74. The highest BCUT2D eigenvalue weighted by molar-refractivity contribution is 5.97. The van der Waals surface area contributed by atoms with E-state index in [4.69, 9.17) is 4.74 Å².